The van der Waals surface area contributed by atoms with E-state index in [1.165, 1.54) is 5.56 Å². The number of para-hydroxylation sites is 1. The third kappa shape index (κ3) is 7.29. The fourth-order valence-electron chi connectivity index (χ4n) is 2.70. The molecular formula is C21H29ClN2O. The molecule has 0 fully saturated rings. The number of hydrogen-bond donors (Lipinski definition) is 2. The van der Waals surface area contributed by atoms with Gasteiger partial charge in [0.1, 0.15) is 0 Å². The third-order valence-electron chi connectivity index (χ3n) is 3.89. The molecule has 0 saturated carbocycles. The summed E-state index contributed by atoms with van der Waals surface area (Å²) in [7, 11) is 0. The van der Waals surface area contributed by atoms with E-state index in [0.29, 0.717) is 12.3 Å². The molecule has 2 aromatic rings. The molecule has 0 spiro atoms. The molecule has 0 radical (unpaired) electrons. The molecule has 2 aromatic carbocycles. The van der Waals surface area contributed by atoms with Crippen LogP contribution in [0, 0.1) is 5.92 Å². The Morgan fingerprint density at radius 1 is 1.00 bits per heavy atom. The molecule has 0 heterocycles. The van der Waals surface area contributed by atoms with E-state index < -0.39 is 0 Å². The molecular weight excluding hydrogens is 332 g/mol. The number of hydrogen-bond acceptors (Lipinski definition) is 2. The summed E-state index contributed by atoms with van der Waals surface area (Å²) >= 11 is 0. The SMILES string of the molecule is CCNCc1ccccc1NC(=O)Cc1ccc(CC(C)C)cc1.Cl. The van der Waals surface area contributed by atoms with E-state index in [0.717, 1.165) is 36.3 Å². The maximum absolute atomic E-state index is 12.3. The van der Waals surface area contributed by atoms with Crippen LogP contribution >= 0.6 is 12.4 Å². The second-order valence-electron chi connectivity index (χ2n) is 6.58. The Morgan fingerprint density at radius 3 is 2.28 bits per heavy atom. The van der Waals surface area contributed by atoms with Gasteiger partial charge in [0.25, 0.3) is 0 Å². The van der Waals surface area contributed by atoms with Crippen LogP contribution in [0.1, 0.15) is 37.5 Å². The molecule has 0 aliphatic carbocycles. The first-order valence-corrected chi connectivity index (χ1v) is 8.74. The van der Waals surface area contributed by atoms with E-state index in [9.17, 15) is 4.79 Å². The monoisotopic (exact) mass is 360 g/mol. The predicted octanol–water partition coefficient (Wildman–Crippen LogP) is 4.60. The van der Waals surface area contributed by atoms with Crippen LogP contribution in [0.15, 0.2) is 48.5 Å². The van der Waals surface area contributed by atoms with Crippen molar-refractivity contribution in [2.75, 3.05) is 11.9 Å². The van der Waals surface area contributed by atoms with Gasteiger partial charge >= 0.3 is 0 Å². The first-order valence-electron chi connectivity index (χ1n) is 8.74. The molecule has 0 saturated heterocycles. The van der Waals surface area contributed by atoms with Crippen molar-refractivity contribution in [2.24, 2.45) is 5.92 Å². The Labute approximate surface area is 157 Å². The molecule has 2 rings (SSSR count). The van der Waals surface area contributed by atoms with Crippen LogP contribution in [0.2, 0.25) is 0 Å². The minimum absolute atomic E-state index is 0. The lowest BCUT2D eigenvalue weighted by Crippen LogP contribution is -2.18. The second-order valence-corrected chi connectivity index (χ2v) is 6.58. The summed E-state index contributed by atoms with van der Waals surface area (Å²) in [5.41, 5.74) is 4.37. The average Bonchev–Trinajstić information content (AvgIpc) is 2.55. The van der Waals surface area contributed by atoms with Gasteiger partial charge in [0.2, 0.25) is 5.91 Å². The molecule has 0 aliphatic rings. The summed E-state index contributed by atoms with van der Waals surface area (Å²) in [5, 5.41) is 6.33. The number of carbonyl (C=O) groups excluding carboxylic acids is 1. The maximum Gasteiger partial charge on any atom is 0.228 e. The number of nitrogens with one attached hydrogen (secondary N) is 2. The summed E-state index contributed by atoms with van der Waals surface area (Å²) in [4.78, 5) is 12.3. The van der Waals surface area contributed by atoms with Crippen molar-refractivity contribution < 1.29 is 4.79 Å². The van der Waals surface area contributed by atoms with E-state index in [2.05, 4.69) is 55.7 Å². The number of carbonyl (C=O) groups is 1. The number of anilines is 1. The van der Waals surface area contributed by atoms with E-state index in [1.54, 1.807) is 0 Å². The summed E-state index contributed by atoms with van der Waals surface area (Å²) in [6.07, 6.45) is 1.47. The highest BCUT2D eigenvalue weighted by Crippen LogP contribution is 2.16. The molecule has 0 aromatic heterocycles. The van der Waals surface area contributed by atoms with Crippen LogP contribution in [-0.4, -0.2) is 12.5 Å². The van der Waals surface area contributed by atoms with Gasteiger partial charge < -0.3 is 10.6 Å². The predicted molar refractivity (Wildman–Crippen MR) is 108 cm³/mol. The van der Waals surface area contributed by atoms with Crippen LogP contribution < -0.4 is 10.6 Å². The smallest absolute Gasteiger partial charge is 0.228 e. The molecule has 25 heavy (non-hydrogen) atoms. The number of benzene rings is 2. The van der Waals surface area contributed by atoms with E-state index >= 15 is 0 Å². The normalized spacial score (nSPS) is 10.4. The molecule has 136 valence electrons. The number of halogens is 1. The minimum atomic E-state index is 0. The third-order valence-corrected chi connectivity index (χ3v) is 3.89. The van der Waals surface area contributed by atoms with Gasteiger partial charge in [-0.25, -0.2) is 0 Å². The van der Waals surface area contributed by atoms with Gasteiger partial charge in [0, 0.05) is 12.2 Å². The molecule has 0 atom stereocenters. The maximum atomic E-state index is 12.3. The Balaban J connectivity index is 0.00000312. The molecule has 3 nitrogen and oxygen atoms in total. The highest BCUT2D eigenvalue weighted by atomic mass is 35.5. The number of rotatable bonds is 8. The van der Waals surface area contributed by atoms with Gasteiger partial charge in [-0.1, -0.05) is 63.2 Å². The zero-order valence-electron chi connectivity index (χ0n) is 15.3. The van der Waals surface area contributed by atoms with Crippen molar-refractivity contribution in [1.82, 2.24) is 5.32 Å². The summed E-state index contributed by atoms with van der Waals surface area (Å²) < 4.78 is 0. The van der Waals surface area contributed by atoms with Crippen molar-refractivity contribution in [2.45, 2.75) is 40.2 Å². The Bertz CT molecular complexity index is 653. The Hall–Kier alpha value is -1.84. The lowest BCUT2D eigenvalue weighted by atomic mass is 10.0. The quantitative estimate of drug-likeness (QED) is 0.722. The standard InChI is InChI=1S/C21H28N2O.ClH/c1-4-22-15-19-7-5-6-8-20(19)23-21(24)14-18-11-9-17(10-12-18)13-16(2)3;/h5-12,16,22H,4,13-15H2,1-3H3,(H,23,24);1H. The van der Waals surface area contributed by atoms with Crippen LogP contribution in [0.25, 0.3) is 0 Å². The Morgan fingerprint density at radius 2 is 1.64 bits per heavy atom. The Kier molecular flexibility index (Phi) is 9.25. The van der Waals surface area contributed by atoms with Crippen LogP contribution in [0.4, 0.5) is 5.69 Å². The molecule has 4 heteroatoms. The summed E-state index contributed by atoms with van der Waals surface area (Å²) in [5.74, 6) is 0.669. The van der Waals surface area contributed by atoms with Crippen molar-refractivity contribution in [3.63, 3.8) is 0 Å². The zero-order valence-corrected chi connectivity index (χ0v) is 16.2. The van der Waals surface area contributed by atoms with E-state index in [1.807, 2.05) is 24.3 Å². The van der Waals surface area contributed by atoms with Crippen molar-refractivity contribution in [3.8, 4) is 0 Å². The van der Waals surface area contributed by atoms with Crippen LogP contribution in [0.5, 0.6) is 0 Å². The first kappa shape index (κ1) is 21.2. The first-order chi connectivity index (χ1) is 11.6. The highest BCUT2D eigenvalue weighted by molar-refractivity contribution is 5.93. The van der Waals surface area contributed by atoms with Crippen molar-refractivity contribution in [1.29, 1.82) is 0 Å². The number of amides is 1. The molecule has 1 amide bonds. The van der Waals surface area contributed by atoms with Crippen molar-refractivity contribution in [3.05, 3.63) is 65.2 Å². The van der Waals surface area contributed by atoms with Gasteiger partial charge in [-0.2, -0.15) is 0 Å². The lowest BCUT2D eigenvalue weighted by Gasteiger charge is -2.12. The summed E-state index contributed by atoms with van der Waals surface area (Å²) in [6, 6.07) is 16.3. The van der Waals surface area contributed by atoms with E-state index in [4.69, 9.17) is 0 Å². The fraction of sp³-hybridized carbons (Fsp3) is 0.381. The topological polar surface area (TPSA) is 41.1 Å². The van der Waals surface area contributed by atoms with Crippen molar-refractivity contribution >= 4 is 24.0 Å². The second kappa shape index (κ2) is 10.9. The van der Waals surface area contributed by atoms with Gasteiger partial charge in [-0.15, -0.1) is 12.4 Å². The van der Waals surface area contributed by atoms with Gasteiger partial charge in [0.15, 0.2) is 0 Å². The summed E-state index contributed by atoms with van der Waals surface area (Å²) in [6.45, 7) is 8.17. The highest BCUT2D eigenvalue weighted by Gasteiger charge is 2.08. The van der Waals surface area contributed by atoms with Crippen LogP contribution in [-0.2, 0) is 24.2 Å². The largest absolute Gasteiger partial charge is 0.325 e. The van der Waals surface area contributed by atoms with Gasteiger partial charge in [-0.05, 0) is 41.6 Å². The fourth-order valence-corrected chi connectivity index (χ4v) is 2.70. The average molecular weight is 361 g/mol. The minimum Gasteiger partial charge on any atom is -0.325 e. The molecule has 2 N–H and O–H groups in total. The van der Waals surface area contributed by atoms with Gasteiger partial charge in [-0.3, -0.25) is 4.79 Å². The zero-order chi connectivity index (χ0) is 17.4. The van der Waals surface area contributed by atoms with Crippen LogP contribution in [0.3, 0.4) is 0 Å². The lowest BCUT2D eigenvalue weighted by molar-refractivity contribution is -0.115. The van der Waals surface area contributed by atoms with E-state index in [-0.39, 0.29) is 18.3 Å². The molecule has 0 unspecified atom stereocenters. The molecule has 0 bridgehead atoms. The van der Waals surface area contributed by atoms with Gasteiger partial charge in [0.05, 0.1) is 6.42 Å². The molecule has 0 aliphatic heterocycles.